The van der Waals surface area contributed by atoms with Gasteiger partial charge < -0.3 is 9.32 Å². The van der Waals surface area contributed by atoms with Gasteiger partial charge >= 0.3 is 23.4 Å². The molecule has 5 heterocycles. The van der Waals surface area contributed by atoms with Crippen LogP contribution in [0.5, 0.6) is 0 Å². The van der Waals surface area contributed by atoms with Crippen molar-refractivity contribution < 1.29 is 18.6 Å². The first-order valence-corrected chi connectivity index (χ1v) is 12.5. The Labute approximate surface area is 214 Å². The average Bonchev–Trinajstić information content (AvgIpc) is 3.51. The number of rotatable bonds is 2. The Hall–Kier alpha value is -4.08. The van der Waals surface area contributed by atoms with E-state index in [1.165, 1.54) is 5.56 Å². The SMILES string of the molecule is Cc1ccc(-c2cc(C(C)(C)C)c3n(cc4[n+]3C3(C)CN(C(=O)c5nnc(C)o5)CCN3C4=O)n2)cc1. The molecular weight excluding hydrogens is 470 g/mol. The predicted octanol–water partition coefficient (Wildman–Crippen LogP) is 2.87. The number of piperazine rings is 1. The molecule has 0 N–H and O–H groups in total. The largest absolute Gasteiger partial charge is 0.417 e. The number of carbonyl (C=O) groups excluding carboxylic acids is 2. The first-order valence-electron chi connectivity index (χ1n) is 12.5. The fraction of sp³-hybridized carbons (Fsp3) is 0.407. The number of amides is 2. The zero-order valence-corrected chi connectivity index (χ0v) is 21.9. The molecule has 0 spiro atoms. The molecule has 1 saturated heterocycles. The van der Waals surface area contributed by atoms with Crippen molar-refractivity contribution in [1.29, 1.82) is 0 Å². The summed E-state index contributed by atoms with van der Waals surface area (Å²) in [6, 6.07) is 10.4. The Kier molecular flexibility index (Phi) is 4.86. The van der Waals surface area contributed by atoms with Gasteiger partial charge in [-0.25, -0.2) is 0 Å². The Bertz CT molecular complexity index is 1580. The van der Waals surface area contributed by atoms with E-state index in [0.717, 1.165) is 22.5 Å². The lowest BCUT2D eigenvalue weighted by molar-refractivity contribution is -0.749. The smallest absolute Gasteiger partial charge is 0.313 e. The van der Waals surface area contributed by atoms with E-state index < -0.39 is 5.66 Å². The number of aromatic nitrogens is 5. The number of hydrogen-bond acceptors (Lipinski definition) is 6. The van der Waals surface area contributed by atoms with Gasteiger partial charge in [0.25, 0.3) is 0 Å². The highest BCUT2D eigenvalue weighted by Crippen LogP contribution is 2.35. The Balaban J connectivity index is 1.51. The van der Waals surface area contributed by atoms with E-state index in [-0.39, 0.29) is 23.1 Å². The molecule has 0 radical (unpaired) electrons. The van der Waals surface area contributed by atoms with Crippen LogP contribution in [0, 0.1) is 13.8 Å². The van der Waals surface area contributed by atoms with Crippen molar-refractivity contribution in [2.75, 3.05) is 19.6 Å². The molecule has 2 aliphatic heterocycles. The molecule has 3 aromatic heterocycles. The molecule has 10 nitrogen and oxygen atoms in total. The number of fused-ring (bicyclic) bond motifs is 5. The summed E-state index contributed by atoms with van der Waals surface area (Å²) in [6.45, 7) is 13.3. The fourth-order valence-electron chi connectivity index (χ4n) is 5.50. The summed E-state index contributed by atoms with van der Waals surface area (Å²) >= 11 is 0. The van der Waals surface area contributed by atoms with Crippen LogP contribution in [-0.4, -0.2) is 61.1 Å². The van der Waals surface area contributed by atoms with Crippen LogP contribution in [0.2, 0.25) is 0 Å². The van der Waals surface area contributed by atoms with Crippen LogP contribution >= 0.6 is 0 Å². The van der Waals surface area contributed by atoms with Crippen molar-refractivity contribution in [2.45, 2.75) is 52.6 Å². The maximum atomic E-state index is 13.6. The lowest BCUT2D eigenvalue weighted by Gasteiger charge is -2.42. The summed E-state index contributed by atoms with van der Waals surface area (Å²) in [6.07, 6.45) is 1.82. The van der Waals surface area contributed by atoms with Gasteiger partial charge in [-0.05, 0) is 18.4 Å². The van der Waals surface area contributed by atoms with Gasteiger partial charge in [0.15, 0.2) is 6.20 Å². The van der Waals surface area contributed by atoms with E-state index >= 15 is 0 Å². The normalized spacial score (nSPS) is 19.5. The molecule has 0 aliphatic carbocycles. The first kappa shape index (κ1) is 23.3. The summed E-state index contributed by atoms with van der Waals surface area (Å²) in [5, 5.41) is 12.6. The minimum atomic E-state index is -0.794. The summed E-state index contributed by atoms with van der Waals surface area (Å²) in [5.41, 5.74) is 4.48. The summed E-state index contributed by atoms with van der Waals surface area (Å²) < 4.78 is 9.28. The van der Waals surface area contributed by atoms with Gasteiger partial charge in [0.05, 0.1) is 12.1 Å². The minimum absolute atomic E-state index is 0.0365. The topological polar surface area (TPSA) is 101 Å². The van der Waals surface area contributed by atoms with E-state index in [4.69, 9.17) is 9.52 Å². The van der Waals surface area contributed by atoms with E-state index in [1.54, 1.807) is 11.8 Å². The summed E-state index contributed by atoms with van der Waals surface area (Å²) in [5.74, 6) is -0.0944. The molecule has 6 rings (SSSR count). The summed E-state index contributed by atoms with van der Waals surface area (Å²) in [4.78, 5) is 30.4. The van der Waals surface area contributed by atoms with Gasteiger partial charge in [0, 0.05) is 32.5 Å². The van der Waals surface area contributed by atoms with E-state index in [0.29, 0.717) is 31.2 Å². The number of imidazole rings is 1. The molecule has 2 aliphatic rings. The average molecular weight is 501 g/mol. The van der Waals surface area contributed by atoms with Crippen LogP contribution in [0.3, 0.4) is 0 Å². The van der Waals surface area contributed by atoms with Crippen molar-refractivity contribution in [2.24, 2.45) is 0 Å². The number of carbonyl (C=O) groups is 2. The van der Waals surface area contributed by atoms with Crippen molar-refractivity contribution in [3.05, 3.63) is 65.1 Å². The van der Waals surface area contributed by atoms with Gasteiger partial charge in [0.1, 0.15) is 5.69 Å². The molecule has 37 heavy (non-hydrogen) atoms. The maximum absolute atomic E-state index is 13.6. The molecule has 0 bridgehead atoms. The highest BCUT2D eigenvalue weighted by Gasteiger charge is 2.57. The van der Waals surface area contributed by atoms with Crippen LogP contribution in [0.25, 0.3) is 16.9 Å². The van der Waals surface area contributed by atoms with Crippen LogP contribution in [-0.2, 0) is 11.1 Å². The van der Waals surface area contributed by atoms with Crippen LogP contribution in [0.15, 0.2) is 40.9 Å². The molecule has 2 amide bonds. The van der Waals surface area contributed by atoms with Crippen molar-refractivity contribution in [1.82, 2.24) is 29.6 Å². The lowest BCUT2D eigenvalue weighted by Crippen LogP contribution is -2.69. The third-order valence-corrected chi connectivity index (χ3v) is 7.41. The zero-order chi connectivity index (χ0) is 26.3. The molecular formula is C27H30N7O3+. The van der Waals surface area contributed by atoms with Gasteiger partial charge in [-0.2, -0.15) is 4.57 Å². The highest BCUT2D eigenvalue weighted by atomic mass is 16.4. The molecule has 1 atom stereocenters. The fourth-order valence-corrected chi connectivity index (χ4v) is 5.50. The van der Waals surface area contributed by atoms with Gasteiger partial charge in [-0.3, -0.25) is 14.5 Å². The number of aryl methyl sites for hydroxylation is 2. The Morgan fingerprint density at radius 1 is 1.11 bits per heavy atom. The van der Waals surface area contributed by atoms with Crippen LogP contribution < -0.4 is 4.57 Å². The minimum Gasteiger partial charge on any atom is -0.417 e. The lowest BCUT2D eigenvalue weighted by atomic mass is 9.87. The predicted molar refractivity (Wildman–Crippen MR) is 134 cm³/mol. The Morgan fingerprint density at radius 3 is 2.49 bits per heavy atom. The first-order chi connectivity index (χ1) is 17.5. The third kappa shape index (κ3) is 3.46. The van der Waals surface area contributed by atoms with E-state index in [2.05, 4.69) is 72.8 Å². The molecule has 1 unspecified atom stereocenters. The third-order valence-electron chi connectivity index (χ3n) is 7.41. The molecule has 1 aromatic carbocycles. The van der Waals surface area contributed by atoms with Crippen LogP contribution in [0.4, 0.5) is 0 Å². The zero-order valence-electron chi connectivity index (χ0n) is 21.9. The number of benzene rings is 1. The van der Waals surface area contributed by atoms with E-state index in [9.17, 15) is 9.59 Å². The van der Waals surface area contributed by atoms with Gasteiger partial charge in [0.2, 0.25) is 17.2 Å². The maximum Gasteiger partial charge on any atom is 0.313 e. The van der Waals surface area contributed by atoms with E-state index in [1.807, 2.05) is 22.5 Å². The van der Waals surface area contributed by atoms with Crippen molar-refractivity contribution in [3.63, 3.8) is 0 Å². The molecule has 190 valence electrons. The van der Waals surface area contributed by atoms with Gasteiger partial charge in [-0.15, -0.1) is 10.2 Å². The number of nitrogens with zero attached hydrogens (tertiary/aromatic N) is 7. The van der Waals surface area contributed by atoms with Gasteiger partial charge in [-0.1, -0.05) is 60.2 Å². The summed E-state index contributed by atoms with van der Waals surface area (Å²) in [7, 11) is 0. The molecule has 1 fully saturated rings. The second-order valence-corrected chi connectivity index (χ2v) is 11.2. The highest BCUT2D eigenvalue weighted by molar-refractivity contribution is 5.94. The van der Waals surface area contributed by atoms with Crippen molar-refractivity contribution >= 4 is 17.5 Å². The second kappa shape index (κ2) is 7.71. The van der Waals surface area contributed by atoms with Crippen molar-refractivity contribution in [3.8, 4) is 11.3 Å². The second-order valence-electron chi connectivity index (χ2n) is 11.2. The quantitative estimate of drug-likeness (QED) is 0.393. The molecule has 0 saturated carbocycles. The van der Waals surface area contributed by atoms with Crippen LogP contribution in [0.1, 0.15) is 65.9 Å². The number of hydrogen-bond donors (Lipinski definition) is 0. The molecule has 4 aromatic rings. The Morgan fingerprint density at radius 2 is 1.84 bits per heavy atom. The monoisotopic (exact) mass is 500 g/mol. The standard InChI is InChI=1S/C27H30N7O3/c1-16-7-9-18(10-8-16)20-13-19(26(3,4)5)23-33(30-20)14-21-24(35)32-12-11-31(15-27(32,6)34(21)23)25(36)22-29-28-17(2)37-22/h7-10,13-14H,11-12,15H2,1-6H3/q+1. The molecule has 10 heteroatoms.